The fourth-order valence-electron chi connectivity index (χ4n) is 4.22. The molecule has 31 heavy (non-hydrogen) atoms. The van der Waals surface area contributed by atoms with E-state index in [0.717, 1.165) is 16.7 Å². The summed E-state index contributed by atoms with van der Waals surface area (Å²) in [7, 11) is 0. The van der Waals surface area contributed by atoms with Gasteiger partial charge in [-0.25, -0.2) is 4.79 Å². The number of hydrogen-bond donors (Lipinski definition) is 2. The molecule has 3 rings (SSSR count). The summed E-state index contributed by atoms with van der Waals surface area (Å²) in [5.41, 5.74) is 3.01. The number of hydrogen-bond acceptors (Lipinski definition) is 3. The monoisotopic (exact) mass is 423 g/mol. The van der Waals surface area contributed by atoms with Crippen LogP contribution in [0.3, 0.4) is 0 Å². The average Bonchev–Trinajstić information content (AvgIpc) is 3.08. The number of fused-ring (bicyclic) bond motifs is 1. The fourth-order valence-corrected chi connectivity index (χ4v) is 4.22. The second kappa shape index (κ2) is 8.03. The van der Waals surface area contributed by atoms with E-state index in [-0.39, 0.29) is 18.1 Å². The Morgan fingerprint density at radius 2 is 1.77 bits per heavy atom. The average molecular weight is 424 g/mol. The number of ether oxygens (including phenoxy) is 1. The Hall–Kier alpha value is -2.82. The molecule has 0 fully saturated rings. The Labute approximate surface area is 184 Å². The quantitative estimate of drug-likeness (QED) is 0.660. The zero-order chi connectivity index (χ0) is 23.1. The molecule has 1 heterocycles. The first-order valence-corrected chi connectivity index (χ1v) is 10.9. The van der Waals surface area contributed by atoms with Crippen LogP contribution in [0.4, 0.5) is 0 Å². The molecule has 0 bridgehead atoms. The van der Waals surface area contributed by atoms with Crippen molar-refractivity contribution in [2.24, 2.45) is 5.41 Å². The van der Waals surface area contributed by atoms with Gasteiger partial charge in [-0.3, -0.25) is 4.79 Å². The predicted octanol–water partition coefficient (Wildman–Crippen LogP) is 5.31. The van der Waals surface area contributed by atoms with Gasteiger partial charge < -0.3 is 15.2 Å². The maximum atomic E-state index is 13.3. The Bertz CT molecular complexity index is 1020. The van der Waals surface area contributed by atoms with E-state index in [1.807, 2.05) is 45.9 Å². The number of carboxylic acids is 1. The number of carbonyl (C=O) groups is 2. The first-order chi connectivity index (χ1) is 14.4. The molecule has 0 radical (unpaired) electrons. The molecule has 5 heteroatoms. The standard InChI is InChI=1S/C26H33NO4/c1-8-25(6,7)24(30)27-26(19-11-9-18(10-12-19)15(2)3)14-31-22-20(23(28)29)16(4)13-17(5)21(22)26/h9-13,15H,8,14H2,1-7H3,(H,27,30)(H,28,29). The van der Waals surface area contributed by atoms with Gasteiger partial charge >= 0.3 is 5.97 Å². The van der Waals surface area contributed by atoms with E-state index in [1.54, 1.807) is 6.92 Å². The zero-order valence-electron chi connectivity index (χ0n) is 19.6. The summed E-state index contributed by atoms with van der Waals surface area (Å²) in [6, 6.07) is 10.0. The Kier molecular flexibility index (Phi) is 5.92. The highest BCUT2D eigenvalue weighted by atomic mass is 16.5. The van der Waals surface area contributed by atoms with Gasteiger partial charge in [-0.05, 0) is 48.4 Å². The predicted molar refractivity (Wildman–Crippen MR) is 122 cm³/mol. The van der Waals surface area contributed by atoms with Gasteiger partial charge in [0.1, 0.15) is 23.5 Å². The molecule has 1 atom stereocenters. The van der Waals surface area contributed by atoms with Crippen molar-refractivity contribution in [2.45, 2.75) is 66.3 Å². The second-order valence-corrected chi connectivity index (χ2v) is 9.56. The highest BCUT2D eigenvalue weighted by molar-refractivity contribution is 5.94. The normalized spacial score (nSPS) is 17.9. The maximum Gasteiger partial charge on any atom is 0.339 e. The minimum atomic E-state index is -1.03. The van der Waals surface area contributed by atoms with Gasteiger partial charge in [-0.15, -0.1) is 0 Å². The number of aromatic carboxylic acids is 1. The molecule has 2 N–H and O–H groups in total. The van der Waals surface area contributed by atoms with Gasteiger partial charge in [0, 0.05) is 11.0 Å². The van der Waals surface area contributed by atoms with E-state index in [0.29, 0.717) is 23.7 Å². The molecule has 5 nitrogen and oxygen atoms in total. The van der Waals surface area contributed by atoms with Crippen LogP contribution < -0.4 is 10.1 Å². The van der Waals surface area contributed by atoms with Crippen LogP contribution in [0.25, 0.3) is 0 Å². The number of rotatable bonds is 6. The molecular formula is C26H33NO4. The lowest BCUT2D eigenvalue weighted by Crippen LogP contribution is -2.52. The van der Waals surface area contributed by atoms with Crippen LogP contribution in [-0.2, 0) is 10.3 Å². The summed E-state index contributed by atoms with van der Waals surface area (Å²) in [6.45, 7) is 14.0. The largest absolute Gasteiger partial charge is 0.489 e. The number of nitrogens with one attached hydrogen (secondary N) is 1. The molecule has 1 unspecified atom stereocenters. The second-order valence-electron chi connectivity index (χ2n) is 9.56. The van der Waals surface area contributed by atoms with Crippen molar-refractivity contribution in [3.05, 3.63) is 63.7 Å². The molecule has 0 aromatic heterocycles. The summed E-state index contributed by atoms with van der Waals surface area (Å²) in [6.07, 6.45) is 0.683. The van der Waals surface area contributed by atoms with Crippen molar-refractivity contribution < 1.29 is 19.4 Å². The van der Waals surface area contributed by atoms with Crippen molar-refractivity contribution in [1.82, 2.24) is 5.32 Å². The lowest BCUT2D eigenvalue weighted by molar-refractivity contribution is -0.131. The first-order valence-electron chi connectivity index (χ1n) is 10.9. The molecule has 2 aromatic carbocycles. The smallest absolute Gasteiger partial charge is 0.339 e. The highest BCUT2D eigenvalue weighted by Crippen LogP contribution is 2.47. The molecule has 166 valence electrons. The van der Waals surface area contributed by atoms with Crippen molar-refractivity contribution in [3.63, 3.8) is 0 Å². The van der Waals surface area contributed by atoms with Gasteiger partial charge in [0.25, 0.3) is 0 Å². The summed E-state index contributed by atoms with van der Waals surface area (Å²) in [5.74, 6) is -0.377. The van der Waals surface area contributed by atoms with Crippen molar-refractivity contribution in [3.8, 4) is 5.75 Å². The van der Waals surface area contributed by atoms with Gasteiger partial charge in [-0.2, -0.15) is 0 Å². The van der Waals surface area contributed by atoms with E-state index in [4.69, 9.17) is 4.74 Å². The van der Waals surface area contributed by atoms with Gasteiger partial charge in [0.05, 0.1) is 0 Å². The number of carboxylic acid groups (broad SMARTS) is 1. The molecular weight excluding hydrogens is 390 g/mol. The minimum Gasteiger partial charge on any atom is -0.489 e. The number of amides is 1. The Morgan fingerprint density at radius 3 is 2.29 bits per heavy atom. The summed E-state index contributed by atoms with van der Waals surface area (Å²) < 4.78 is 6.05. The van der Waals surface area contributed by atoms with E-state index >= 15 is 0 Å². The van der Waals surface area contributed by atoms with E-state index < -0.39 is 16.9 Å². The van der Waals surface area contributed by atoms with Crippen LogP contribution in [0.1, 0.15) is 85.1 Å². The van der Waals surface area contributed by atoms with Gasteiger partial charge in [0.2, 0.25) is 5.91 Å². The third kappa shape index (κ3) is 3.82. The first kappa shape index (κ1) is 22.9. The van der Waals surface area contributed by atoms with Crippen LogP contribution in [0.15, 0.2) is 30.3 Å². The molecule has 0 aliphatic carbocycles. The third-order valence-electron chi connectivity index (χ3n) is 6.65. The lowest BCUT2D eigenvalue weighted by atomic mass is 9.78. The van der Waals surface area contributed by atoms with Crippen molar-refractivity contribution >= 4 is 11.9 Å². The fraction of sp³-hybridized carbons (Fsp3) is 0.462. The van der Waals surface area contributed by atoms with Crippen molar-refractivity contribution in [2.75, 3.05) is 6.61 Å². The van der Waals surface area contributed by atoms with Gasteiger partial charge in [0.15, 0.2) is 0 Å². The van der Waals surface area contributed by atoms with Crippen molar-refractivity contribution in [1.29, 1.82) is 0 Å². The minimum absolute atomic E-state index is 0.0868. The summed E-state index contributed by atoms with van der Waals surface area (Å²) in [4.78, 5) is 25.3. The van der Waals surface area contributed by atoms with Crippen LogP contribution >= 0.6 is 0 Å². The number of carbonyl (C=O) groups excluding carboxylic acids is 1. The Balaban J connectivity index is 2.27. The van der Waals surface area contributed by atoms with E-state index in [9.17, 15) is 14.7 Å². The lowest BCUT2D eigenvalue weighted by Gasteiger charge is -2.35. The van der Waals surface area contributed by atoms with Crippen LogP contribution in [-0.4, -0.2) is 23.6 Å². The van der Waals surface area contributed by atoms with Crippen LogP contribution in [0.2, 0.25) is 0 Å². The van der Waals surface area contributed by atoms with Gasteiger partial charge in [-0.1, -0.05) is 65.0 Å². The van der Waals surface area contributed by atoms with Crippen LogP contribution in [0, 0.1) is 19.3 Å². The zero-order valence-corrected chi connectivity index (χ0v) is 19.6. The molecule has 0 saturated heterocycles. The number of benzene rings is 2. The number of aryl methyl sites for hydroxylation is 2. The molecule has 1 aliphatic heterocycles. The topological polar surface area (TPSA) is 75.6 Å². The third-order valence-corrected chi connectivity index (χ3v) is 6.65. The molecule has 1 amide bonds. The molecule has 0 spiro atoms. The molecule has 1 aliphatic rings. The molecule has 0 saturated carbocycles. The van der Waals surface area contributed by atoms with E-state index in [1.165, 1.54) is 5.56 Å². The highest BCUT2D eigenvalue weighted by Gasteiger charge is 2.48. The SMILES string of the molecule is CCC(C)(C)C(=O)NC1(c2ccc(C(C)C)cc2)COc2c(C(=O)O)c(C)cc(C)c21. The summed E-state index contributed by atoms with van der Waals surface area (Å²) in [5, 5.41) is 13.1. The van der Waals surface area contributed by atoms with E-state index in [2.05, 4.69) is 31.3 Å². The summed E-state index contributed by atoms with van der Waals surface area (Å²) >= 11 is 0. The van der Waals surface area contributed by atoms with Crippen LogP contribution in [0.5, 0.6) is 5.75 Å². The maximum absolute atomic E-state index is 13.3. The Morgan fingerprint density at radius 1 is 1.16 bits per heavy atom. The molecule has 2 aromatic rings.